The number of carbonyl (C=O) groups is 2. The number of ether oxygens (including phenoxy) is 1. The summed E-state index contributed by atoms with van der Waals surface area (Å²) in [6.07, 6.45) is 0.0330. The molecule has 5 heteroatoms. The quantitative estimate of drug-likeness (QED) is 0.798. The lowest BCUT2D eigenvalue weighted by atomic mass is 10.1. The van der Waals surface area contributed by atoms with Gasteiger partial charge in [0, 0.05) is 13.1 Å². The summed E-state index contributed by atoms with van der Waals surface area (Å²) < 4.78 is 5.58. The van der Waals surface area contributed by atoms with E-state index in [0.717, 1.165) is 0 Å². The monoisotopic (exact) mass is 255 g/mol. The molecule has 1 saturated heterocycles. The summed E-state index contributed by atoms with van der Waals surface area (Å²) in [7, 11) is 0. The summed E-state index contributed by atoms with van der Waals surface area (Å²) in [6, 6.07) is 0. The van der Waals surface area contributed by atoms with Crippen LogP contribution in [-0.2, 0) is 14.3 Å². The van der Waals surface area contributed by atoms with E-state index in [1.807, 2.05) is 27.7 Å². The van der Waals surface area contributed by atoms with Crippen LogP contribution in [0.5, 0.6) is 0 Å². The zero-order valence-electron chi connectivity index (χ0n) is 11.3. The molecule has 0 aromatic carbocycles. The number of carboxylic acids is 1. The van der Waals surface area contributed by atoms with Gasteiger partial charge in [-0.2, -0.15) is 0 Å². The normalized spacial score (nSPS) is 38.3. The molecule has 0 bridgehead atoms. The van der Waals surface area contributed by atoms with Gasteiger partial charge in [-0.3, -0.25) is 9.59 Å². The molecule has 1 saturated carbocycles. The van der Waals surface area contributed by atoms with Crippen LogP contribution in [0.4, 0.5) is 0 Å². The van der Waals surface area contributed by atoms with Crippen LogP contribution in [0.2, 0.25) is 0 Å². The molecule has 0 aromatic rings. The first kappa shape index (κ1) is 13.3. The molecule has 0 radical (unpaired) electrons. The van der Waals surface area contributed by atoms with Crippen molar-refractivity contribution in [3.05, 3.63) is 0 Å². The first-order chi connectivity index (χ1) is 8.25. The smallest absolute Gasteiger partial charge is 0.307 e. The second-order valence-corrected chi connectivity index (χ2v) is 6.12. The maximum Gasteiger partial charge on any atom is 0.307 e. The van der Waals surface area contributed by atoms with Gasteiger partial charge < -0.3 is 14.7 Å². The van der Waals surface area contributed by atoms with E-state index < -0.39 is 17.3 Å². The van der Waals surface area contributed by atoms with Crippen molar-refractivity contribution in [3.63, 3.8) is 0 Å². The van der Waals surface area contributed by atoms with Gasteiger partial charge >= 0.3 is 5.97 Å². The second kappa shape index (κ2) is 4.23. The van der Waals surface area contributed by atoms with Crippen molar-refractivity contribution in [2.75, 3.05) is 13.1 Å². The Morgan fingerprint density at radius 2 is 1.67 bits per heavy atom. The number of carboxylic acid groups (broad SMARTS) is 1. The average molecular weight is 255 g/mol. The third-order valence-electron chi connectivity index (χ3n) is 4.09. The van der Waals surface area contributed by atoms with Crippen LogP contribution < -0.4 is 0 Å². The van der Waals surface area contributed by atoms with E-state index in [1.54, 1.807) is 4.90 Å². The standard InChI is InChI=1S/C13H21NO4/c1-7-5-14(6-8(2)18-7)11(15)9-10(12(16)17)13(9,3)4/h7-10H,5-6H2,1-4H3,(H,16,17)/t7-,8-,9+,10-/m1/s1. The van der Waals surface area contributed by atoms with Crippen LogP contribution in [-0.4, -0.2) is 47.2 Å². The van der Waals surface area contributed by atoms with Crippen LogP contribution in [0.1, 0.15) is 27.7 Å². The number of hydrogen-bond donors (Lipinski definition) is 1. The number of aliphatic carboxylic acids is 1. The lowest BCUT2D eigenvalue weighted by Gasteiger charge is -2.35. The Balaban J connectivity index is 2.07. The summed E-state index contributed by atoms with van der Waals surface area (Å²) in [5.74, 6) is -1.83. The van der Waals surface area contributed by atoms with Crippen LogP contribution in [0.3, 0.4) is 0 Å². The Bertz CT molecular complexity index is 369. The van der Waals surface area contributed by atoms with Gasteiger partial charge in [0.1, 0.15) is 0 Å². The van der Waals surface area contributed by atoms with Crippen molar-refractivity contribution in [1.29, 1.82) is 0 Å². The van der Waals surface area contributed by atoms with E-state index >= 15 is 0 Å². The number of hydrogen-bond acceptors (Lipinski definition) is 3. The van der Waals surface area contributed by atoms with Crippen molar-refractivity contribution in [2.24, 2.45) is 17.3 Å². The van der Waals surface area contributed by atoms with Crippen molar-refractivity contribution in [2.45, 2.75) is 39.9 Å². The first-order valence-electron chi connectivity index (χ1n) is 6.42. The predicted molar refractivity (Wildman–Crippen MR) is 65.0 cm³/mol. The zero-order chi connectivity index (χ0) is 13.7. The molecule has 4 atom stereocenters. The summed E-state index contributed by atoms with van der Waals surface area (Å²) in [5.41, 5.74) is -0.423. The predicted octanol–water partition coefficient (Wildman–Crippen LogP) is 0.979. The van der Waals surface area contributed by atoms with E-state index in [9.17, 15) is 9.59 Å². The van der Waals surface area contributed by atoms with E-state index in [4.69, 9.17) is 9.84 Å². The zero-order valence-corrected chi connectivity index (χ0v) is 11.3. The average Bonchev–Trinajstić information content (AvgIpc) is 2.79. The van der Waals surface area contributed by atoms with E-state index in [2.05, 4.69) is 0 Å². The minimum absolute atomic E-state index is 0.0165. The van der Waals surface area contributed by atoms with E-state index in [-0.39, 0.29) is 24.0 Å². The molecule has 1 amide bonds. The SMILES string of the molecule is C[C@@H]1CN(C(=O)[C@@H]2[C@H](C(=O)O)C2(C)C)C[C@@H](C)O1. The summed E-state index contributed by atoms with van der Waals surface area (Å²) in [4.78, 5) is 25.3. The molecule has 1 aliphatic carbocycles. The van der Waals surface area contributed by atoms with Crippen molar-refractivity contribution >= 4 is 11.9 Å². The first-order valence-corrected chi connectivity index (χ1v) is 6.42. The lowest BCUT2D eigenvalue weighted by Crippen LogP contribution is -2.49. The van der Waals surface area contributed by atoms with Gasteiger partial charge in [0.2, 0.25) is 5.91 Å². The minimum Gasteiger partial charge on any atom is -0.481 e. The van der Waals surface area contributed by atoms with Crippen molar-refractivity contribution in [1.82, 2.24) is 4.90 Å². The highest BCUT2D eigenvalue weighted by Crippen LogP contribution is 2.59. The molecule has 0 aromatic heterocycles. The summed E-state index contributed by atoms with van der Waals surface area (Å²) in [5, 5.41) is 9.12. The van der Waals surface area contributed by atoms with Crippen LogP contribution in [0.15, 0.2) is 0 Å². The molecule has 1 aliphatic heterocycles. The van der Waals surface area contributed by atoms with Gasteiger partial charge in [0.15, 0.2) is 0 Å². The second-order valence-electron chi connectivity index (χ2n) is 6.12. The third kappa shape index (κ3) is 2.11. The van der Waals surface area contributed by atoms with Crippen molar-refractivity contribution in [3.8, 4) is 0 Å². The van der Waals surface area contributed by atoms with Gasteiger partial charge in [0.05, 0.1) is 24.0 Å². The largest absolute Gasteiger partial charge is 0.481 e. The molecule has 2 rings (SSSR count). The molecular weight excluding hydrogens is 234 g/mol. The Hall–Kier alpha value is -1.10. The van der Waals surface area contributed by atoms with Crippen LogP contribution >= 0.6 is 0 Å². The Kier molecular flexibility index (Phi) is 3.13. The lowest BCUT2D eigenvalue weighted by molar-refractivity contribution is -0.147. The maximum absolute atomic E-state index is 12.4. The molecule has 18 heavy (non-hydrogen) atoms. The fourth-order valence-corrected chi connectivity index (χ4v) is 3.11. The Labute approximate surface area is 107 Å². The van der Waals surface area contributed by atoms with Gasteiger partial charge in [-0.05, 0) is 19.3 Å². The number of carbonyl (C=O) groups excluding carboxylic acids is 1. The number of nitrogens with zero attached hydrogens (tertiary/aromatic N) is 1. The van der Waals surface area contributed by atoms with Crippen LogP contribution in [0.25, 0.3) is 0 Å². The fraction of sp³-hybridized carbons (Fsp3) is 0.846. The van der Waals surface area contributed by atoms with Gasteiger partial charge in [-0.1, -0.05) is 13.8 Å². The number of rotatable bonds is 2. The highest BCUT2D eigenvalue weighted by atomic mass is 16.5. The summed E-state index contributed by atoms with van der Waals surface area (Å²) >= 11 is 0. The molecule has 0 unspecified atom stereocenters. The number of morpholine rings is 1. The van der Waals surface area contributed by atoms with Gasteiger partial charge in [-0.25, -0.2) is 0 Å². The fourth-order valence-electron chi connectivity index (χ4n) is 3.11. The highest BCUT2D eigenvalue weighted by Gasteiger charge is 2.66. The number of amides is 1. The highest BCUT2D eigenvalue weighted by molar-refractivity contribution is 5.91. The van der Waals surface area contributed by atoms with Gasteiger partial charge in [0.25, 0.3) is 0 Å². The molecule has 2 fully saturated rings. The van der Waals surface area contributed by atoms with Crippen LogP contribution in [0, 0.1) is 17.3 Å². The molecule has 5 nitrogen and oxygen atoms in total. The molecule has 1 heterocycles. The van der Waals surface area contributed by atoms with Gasteiger partial charge in [-0.15, -0.1) is 0 Å². The Morgan fingerprint density at radius 3 is 2.06 bits per heavy atom. The maximum atomic E-state index is 12.4. The summed E-state index contributed by atoms with van der Waals surface area (Å²) in [6.45, 7) is 8.68. The molecule has 1 N–H and O–H groups in total. The van der Waals surface area contributed by atoms with E-state index in [0.29, 0.717) is 13.1 Å². The minimum atomic E-state index is -0.868. The molecular formula is C13H21NO4. The van der Waals surface area contributed by atoms with E-state index in [1.165, 1.54) is 0 Å². The molecule has 0 spiro atoms. The molecule has 102 valence electrons. The molecule has 2 aliphatic rings. The topological polar surface area (TPSA) is 66.8 Å². The third-order valence-corrected chi connectivity index (χ3v) is 4.09. The Morgan fingerprint density at radius 1 is 1.17 bits per heavy atom. The van der Waals surface area contributed by atoms with Crippen molar-refractivity contribution < 1.29 is 19.4 Å².